The number of aromatic nitrogens is 1. The molecule has 1 aromatic rings. The first kappa shape index (κ1) is 10.6. The maximum atomic E-state index is 12.4. The number of methoxy groups -OCH3 is 1. The van der Waals surface area contributed by atoms with E-state index < -0.39 is 5.95 Å². The molecule has 14 heavy (non-hydrogen) atoms. The van der Waals surface area contributed by atoms with Crippen molar-refractivity contribution in [2.75, 3.05) is 20.3 Å². The Morgan fingerprint density at radius 1 is 1.64 bits per heavy atom. The quantitative estimate of drug-likeness (QED) is 0.569. The Kier molecular flexibility index (Phi) is 4.00. The van der Waals surface area contributed by atoms with Gasteiger partial charge in [0.25, 0.3) is 5.91 Å². The lowest BCUT2D eigenvalue weighted by Gasteiger charge is -2.03. The molecule has 0 spiro atoms. The Balaban J connectivity index is 2.48. The smallest absolute Gasteiger partial charge is 0.252 e. The largest absolute Gasteiger partial charge is 0.383 e. The van der Waals surface area contributed by atoms with Gasteiger partial charge in [0.05, 0.1) is 12.2 Å². The maximum Gasteiger partial charge on any atom is 0.252 e. The molecule has 0 radical (unpaired) electrons. The number of pyridine rings is 1. The average molecular weight is 198 g/mol. The number of carbonyl (C=O) groups excluding carboxylic acids is 1. The average Bonchev–Trinajstić information content (AvgIpc) is 2.19. The summed E-state index contributed by atoms with van der Waals surface area (Å²) in [5, 5.41) is 2.59. The van der Waals surface area contributed by atoms with Crippen molar-refractivity contribution in [3.8, 4) is 0 Å². The van der Waals surface area contributed by atoms with Gasteiger partial charge >= 0.3 is 0 Å². The van der Waals surface area contributed by atoms with E-state index in [9.17, 15) is 9.18 Å². The molecular formula is C9H11FN2O2. The van der Waals surface area contributed by atoms with Gasteiger partial charge in [-0.2, -0.15) is 4.39 Å². The summed E-state index contributed by atoms with van der Waals surface area (Å²) in [6, 6.07) is 2.52. The van der Waals surface area contributed by atoms with Crippen molar-refractivity contribution >= 4 is 5.91 Å². The lowest BCUT2D eigenvalue weighted by Crippen LogP contribution is -2.27. The van der Waals surface area contributed by atoms with Crippen LogP contribution in [0.2, 0.25) is 0 Å². The van der Waals surface area contributed by atoms with Crippen LogP contribution in [0.3, 0.4) is 0 Å². The summed E-state index contributed by atoms with van der Waals surface area (Å²) in [5.74, 6) is -0.881. The van der Waals surface area contributed by atoms with Gasteiger partial charge in [0, 0.05) is 19.9 Å². The highest BCUT2D eigenvalue weighted by Crippen LogP contribution is 1.98. The van der Waals surface area contributed by atoms with Gasteiger partial charge in [-0.3, -0.25) is 4.79 Å². The normalized spacial score (nSPS) is 9.86. The summed E-state index contributed by atoms with van der Waals surface area (Å²) in [7, 11) is 1.55. The van der Waals surface area contributed by atoms with E-state index in [2.05, 4.69) is 10.3 Å². The van der Waals surface area contributed by atoms with Crippen molar-refractivity contribution in [1.29, 1.82) is 0 Å². The molecule has 0 fully saturated rings. The van der Waals surface area contributed by atoms with Crippen molar-refractivity contribution in [2.45, 2.75) is 0 Å². The fourth-order valence-corrected chi connectivity index (χ4v) is 0.879. The van der Waals surface area contributed by atoms with Crippen molar-refractivity contribution in [3.05, 3.63) is 29.8 Å². The molecule has 0 aromatic carbocycles. The number of carbonyl (C=O) groups is 1. The lowest BCUT2D eigenvalue weighted by atomic mass is 10.3. The molecule has 76 valence electrons. The van der Waals surface area contributed by atoms with Gasteiger partial charge < -0.3 is 10.1 Å². The molecule has 0 aliphatic heterocycles. The van der Waals surface area contributed by atoms with Gasteiger partial charge in [0.15, 0.2) is 0 Å². The number of halogens is 1. The number of rotatable bonds is 4. The van der Waals surface area contributed by atoms with Crippen LogP contribution in [-0.2, 0) is 4.74 Å². The summed E-state index contributed by atoms with van der Waals surface area (Å²) >= 11 is 0. The van der Waals surface area contributed by atoms with E-state index in [1.807, 2.05) is 0 Å². The van der Waals surface area contributed by atoms with E-state index in [4.69, 9.17) is 4.74 Å². The van der Waals surface area contributed by atoms with E-state index in [1.54, 1.807) is 7.11 Å². The number of ether oxygens (including phenoxy) is 1. The number of nitrogens with zero attached hydrogens (tertiary/aromatic N) is 1. The third kappa shape index (κ3) is 3.10. The van der Waals surface area contributed by atoms with E-state index in [-0.39, 0.29) is 5.91 Å². The summed E-state index contributed by atoms with van der Waals surface area (Å²) < 4.78 is 17.2. The van der Waals surface area contributed by atoms with E-state index >= 15 is 0 Å². The van der Waals surface area contributed by atoms with Crippen LogP contribution >= 0.6 is 0 Å². The topological polar surface area (TPSA) is 51.2 Å². The third-order valence-corrected chi connectivity index (χ3v) is 1.58. The molecule has 1 rings (SSSR count). The van der Waals surface area contributed by atoms with Gasteiger partial charge in [0.2, 0.25) is 5.95 Å². The highest BCUT2D eigenvalue weighted by molar-refractivity contribution is 5.93. The zero-order valence-electron chi connectivity index (χ0n) is 7.79. The number of hydrogen-bond acceptors (Lipinski definition) is 3. The molecule has 5 heteroatoms. The zero-order valence-corrected chi connectivity index (χ0v) is 7.79. The minimum Gasteiger partial charge on any atom is -0.383 e. The predicted molar refractivity (Wildman–Crippen MR) is 48.4 cm³/mol. The molecule has 0 saturated carbocycles. The molecule has 1 aromatic heterocycles. The first-order valence-corrected chi connectivity index (χ1v) is 4.12. The van der Waals surface area contributed by atoms with Gasteiger partial charge in [-0.05, 0) is 12.1 Å². The predicted octanol–water partition coefficient (Wildman–Crippen LogP) is 0.597. The second-order valence-electron chi connectivity index (χ2n) is 2.62. The SMILES string of the molecule is COCCNC(=O)c1ccc(F)nc1. The summed E-state index contributed by atoms with van der Waals surface area (Å²) in [4.78, 5) is 14.7. The van der Waals surface area contributed by atoms with E-state index in [0.717, 1.165) is 6.07 Å². The molecule has 0 bridgehead atoms. The number of amides is 1. The standard InChI is InChI=1S/C9H11FN2O2/c1-14-5-4-11-9(13)7-2-3-8(10)12-6-7/h2-3,6H,4-5H2,1H3,(H,11,13). The Morgan fingerprint density at radius 2 is 2.43 bits per heavy atom. The molecule has 0 saturated heterocycles. The van der Waals surface area contributed by atoms with Crippen molar-refractivity contribution in [3.63, 3.8) is 0 Å². The van der Waals surface area contributed by atoms with Crippen LogP contribution in [0.25, 0.3) is 0 Å². The highest BCUT2D eigenvalue weighted by atomic mass is 19.1. The Morgan fingerprint density at radius 3 is 3.00 bits per heavy atom. The first-order chi connectivity index (χ1) is 6.74. The maximum absolute atomic E-state index is 12.4. The van der Waals surface area contributed by atoms with Crippen LogP contribution in [0.5, 0.6) is 0 Å². The monoisotopic (exact) mass is 198 g/mol. The zero-order chi connectivity index (χ0) is 10.4. The molecule has 0 aliphatic rings. The highest BCUT2D eigenvalue weighted by Gasteiger charge is 2.04. The van der Waals surface area contributed by atoms with E-state index in [0.29, 0.717) is 18.7 Å². The second-order valence-corrected chi connectivity index (χ2v) is 2.62. The van der Waals surface area contributed by atoms with Crippen LogP contribution in [0.4, 0.5) is 4.39 Å². The third-order valence-electron chi connectivity index (χ3n) is 1.58. The minimum atomic E-state index is -0.599. The molecule has 4 nitrogen and oxygen atoms in total. The van der Waals surface area contributed by atoms with Crippen LogP contribution in [0.15, 0.2) is 18.3 Å². The fraction of sp³-hybridized carbons (Fsp3) is 0.333. The molecule has 1 N–H and O–H groups in total. The molecule has 0 atom stereocenters. The summed E-state index contributed by atoms with van der Waals surface area (Å²) in [6.07, 6.45) is 1.19. The Labute approximate surface area is 81.1 Å². The van der Waals surface area contributed by atoms with Gasteiger partial charge in [-0.25, -0.2) is 4.98 Å². The van der Waals surface area contributed by atoms with Crippen LogP contribution in [0.1, 0.15) is 10.4 Å². The molecule has 0 unspecified atom stereocenters. The molecule has 0 aliphatic carbocycles. The van der Waals surface area contributed by atoms with Gasteiger partial charge in [-0.15, -0.1) is 0 Å². The molecule has 1 heterocycles. The van der Waals surface area contributed by atoms with Crippen LogP contribution < -0.4 is 5.32 Å². The molecule has 1 amide bonds. The second kappa shape index (κ2) is 5.29. The fourth-order valence-electron chi connectivity index (χ4n) is 0.879. The molecular weight excluding hydrogens is 187 g/mol. The van der Waals surface area contributed by atoms with Crippen LogP contribution in [0, 0.1) is 5.95 Å². The minimum absolute atomic E-state index is 0.283. The van der Waals surface area contributed by atoms with Crippen molar-refractivity contribution in [2.24, 2.45) is 0 Å². The Bertz CT molecular complexity index is 300. The number of nitrogens with one attached hydrogen (secondary N) is 1. The first-order valence-electron chi connectivity index (χ1n) is 4.12. The Hall–Kier alpha value is -1.49. The van der Waals surface area contributed by atoms with Crippen molar-refractivity contribution in [1.82, 2.24) is 10.3 Å². The van der Waals surface area contributed by atoms with Crippen molar-refractivity contribution < 1.29 is 13.9 Å². The van der Waals surface area contributed by atoms with E-state index in [1.165, 1.54) is 12.3 Å². The van der Waals surface area contributed by atoms with Gasteiger partial charge in [0.1, 0.15) is 0 Å². The summed E-state index contributed by atoms with van der Waals surface area (Å²) in [5.41, 5.74) is 0.336. The van der Waals surface area contributed by atoms with Gasteiger partial charge in [-0.1, -0.05) is 0 Å². The lowest BCUT2D eigenvalue weighted by molar-refractivity contribution is 0.0936. The summed E-state index contributed by atoms with van der Waals surface area (Å²) in [6.45, 7) is 0.868. The number of hydrogen-bond donors (Lipinski definition) is 1. The van der Waals surface area contributed by atoms with Crippen LogP contribution in [-0.4, -0.2) is 31.2 Å².